The maximum atomic E-state index is 13.8. The summed E-state index contributed by atoms with van der Waals surface area (Å²) >= 11 is 0. The van der Waals surface area contributed by atoms with Crippen molar-refractivity contribution in [2.75, 3.05) is 6.61 Å². The van der Waals surface area contributed by atoms with E-state index in [1.807, 2.05) is 18.4 Å². The molecule has 0 aliphatic carbocycles. The van der Waals surface area contributed by atoms with Gasteiger partial charge >= 0.3 is 5.97 Å². The first-order valence-corrected chi connectivity index (χ1v) is 9.30. The summed E-state index contributed by atoms with van der Waals surface area (Å²) in [5, 5.41) is 4.96. The topological polar surface area (TPSA) is 108 Å². The highest BCUT2D eigenvalue weighted by molar-refractivity contribution is 7.89. The van der Waals surface area contributed by atoms with Crippen molar-refractivity contribution < 1.29 is 27.1 Å². The molecule has 26 heavy (non-hydrogen) atoms. The van der Waals surface area contributed by atoms with Crippen molar-refractivity contribution in [3.8, 4) is 0 Å². The fourth-order valence-corrected chi connectivity index (χ4v) is 3.23. The van der Waals surface area contributed by atoms with Crippen molar-refractivity contribution >= 4 is 21.8 Å². The molecule has 1 aromatic carbocycles. The van der Waals surface area contributed by atoms with E-state index < -0.39 is 44.7 Å². The second-order valence-corrected chi connectivity index (χ2v) is 7.28. The molecule has 0 aliphatic heterocycles. The molecule has 2 aromatic rings. The lowest BCUT2D eigenvalue weighted by atomic mass is 10.1. The zero-order valence-corrected chi connectivity index (χ0v) is 15.4. The first-order valence-electron chi connectivity index (χ1n) is 7.75. The van der Waals surface area contributed by atoms with Crippen LogP contribution >= 0.6 is 0 Å². The molecule has 7 nitrogen and oxygen atoms in total. The predicted molar refractivity (Wildman–Crippen MR) is 92.0 cm³/mol. The van der Waals surface area contributed by atoms with Gasteiger partial charge < -0.3 is 9.30 Å². The molecule has 1 aromatic heterocycles. The van der Waals surface area contributed by atoms with Gasteiger partial charge in [0.25, 0.3) is 0 Å². The Morgan fingerprint density at radius 2 is 1.85 bits per heavy atom. The fraction of sp³-hybridized carbons (Fsp3) is 0.294. The van der Waals surface area contributed by atoms with Crippen LogP contribution in [0.2, 0.25) is 0 Å². The van der Waals surface area contributed by atoms with Gasteiger partial charge in [-0.2, -0.15) is 0 Å². The van der Waals surface area contributed by atoms with E-state index in [-0.39, 0.29) is 0 Å². The third-order valence-electron chi connectivity index (χ3n) is 4.01. The van der Waals surface area contributed by atoms with E-state index in [0.29, 0.717) is 12.1 Å². The van der Waals surface area contributed by atoms with Gasteiger partial charge in [-0.05, 0) is 45.0 Å². The minimum atomic E-state index is -4.10. The molecule has 0 saturated heterocycles. The van der Waals surface area contributed by atoms with Gasteiger partial charge in [-0.1, -0.05) is 0 Å². The molecule has 2 N–H and O–H groups in total. The van der Waals surface area contributed by atoms with E-state index in [1.54, 1.807) is 13.0 Å². The van der Waals surface area contributed by atoms with E-state index in [9.17, 15) is 22.4 Å². The van der Waals surface area contributed by atoms with E-state index in [2.05, 4.69) is 0 Å². The number of carbonyl (C=O) groups is 2. The summed E-state index contributed by atoms with van der Waals surface area (Å²) in [5.74, 6) is -2.56. The van der Waals surface area contributed by atoms with E-state index in [4.69, 9.17) is 9.88 Å². The first kappa shape index (κ1) is 19.8. The van der Waals surface area contributed by atoms with Gasteiger partial charge in [0.1, 0.15) is 5.82 Å². The number of ketones is 1. The lowest BCUT2D eigenvalue weighted by Gasteiger charge is -2.08. The van der Waals surface area contributed by atoms with Gasteiger partial charge in [0.2, 0.25) is 15.8 Å². The molecule has 1 heterocycles. The van der Waals surface area contributed by atoms with Crippen molar-refractivity contribution in [1.82, 2.24) is 4.57 Å². The van der Waals surface area contributed by atoms with Gasteiger partial charge in [0, 0.05) is 23.5 Å². The van der Waals surface area contributed by atoms with Crippen LogP contribution in [0, 0.1) is 19.7 Å². The first-order chi connectivity index (χ1) is 12.1. The average molecular weight is 382 g/mol. The van der Waals surface area contributed by atoms with Crippen LogP contribution in [0.5, 0.6) is 0 Å². The number of esters is 1. The summed E-state index contributed by atoms with van der Waals surface area (Å²) in [7, 11) is -4.10. The maximum absolute atomic E-state index is 13.8. The molecule has 9 heteroatoms. The molecule has 0 radical (unpaired) electrons. The Balaban J connectivity index is 2.18. The molecular formula is C17H19FN2O5S. The Hall–Kier alpha value is -2.52. The third kappa shape index (κ3) is 4.00. The van der Waals surface area contributed by atoms with Gasteiger partial charge in [-0.15, -0.1) is 0 Å². The number of carbonyl (C=O) groups excluding carboxylic acids is 2. The molecule has 2 rings (SSSR count). The quantitative estimate of drug-likeness (QED) is 0.607. The largest absolute Gasteiger partial charge is 0.454 e. The summed E-state index contributed by atoms with van der Waals surface area (Å²) in [6.45, 7) is 5.67. The molecular weight excluding hydrogens is 363 g/mol. The monoisotopic (exact) mass is 382 g/mol. The number of benzene rings is 1. The zero-order valence-electron chi connectivity index (χ0n) is 14.6. The third-order valence-corrected chi connectivity index (χ3v) is 4.92. The van der Waals surface area contributed by atoms with Gasteiger partial charge in [0.15, 0.2) is 6.61 Å². The SMILES string of the molecule is CCn1c(C)cc(C(=O)COC(=O)c2cc(S(N)(=O)=O)ccc2F)c1C. The highest BCUT2D eigenvalue weighted by Gasteiger charge is 2.21. The van der Waals surface area contributed by atoms with Gasteiger partial charge in [-0.3, -0.25) is 4.79 Å². The number of hydrogen-bond donors (Lipinski definition) is 1. The number of Topliss-reactive ketones (excluding diaryl/α,β-unsaturated/α-hetero) is 1. The number of rotatable bonds is 6. The molecule has 0 bridgehead atoms. The number of nitrogens with two attached hydrogens (primary N) is 1. The summed E-state index contributed by atoms with van der Waals surface area (Å²) in [4.78, 5) is 23.9. The lowest BCUT2D eigenvalue weighted by Crippen LogP contribution is -2.17. The van der Waals surface area contributed by atoms with Crippen molar-refractivity contribution in [2.24, 2.45) is 5.14 Å². The number of primary sulfonamides is 1. The molecule has 0 aliphatic rings. The molecule has 0 atom stereocenters. The molecule has 140 valence electrons. The number of aryl methyl sites for hydroxylation is 1. The maximum Gasteiger partial charge on any atom is 0.341 e. The lowest BCUT2D eigenvalue weighted by molar-refractivity contribution is 0.0469. The Bertz CT molecular complexity index is 979. The van der Waals surface area contributed by atoms with Crippen LogP contribution in [0.3, 0.4) is 0 Å². The van der Waals surface area contributed by atoms with Crippen LogP contribution in [-0.2, 0) is 21.3 Å². The summed E-state index contributed by atoms with van der Waals surface area (Å²) < 4.78 is 43.2. The number of aromatic nitrogens is 1. The summed E-state index contributed by atoms with van der Waals surface area (Å²) in [5.41, 5.74) is 1.44. The Morgan fingerprint density at radius 1 is 1.19 bits per heavy atom. The Labute approximate surface area is 150 Å². The highest BCUT2D eigenvalue weighted by Crippen LogP contribution is 2.17. The molecule has 0 unspecified atom stereocenters. The normalized spacial score (nSPS) is 11.4. The number of ether oxygens (including phenoxy) is 1. The molecule has 0 spiro atoms. The van der Waals surface area contributed by atoms with Crippen LogP contribution in [0.25, 0.3) is 0 Å². The number of sulfonamides is 1. The Kier molecular flexibility index (Phi) is 5.62. The predicted octanol–water partition coefficient (Wildman–Crippen LogP) is 1.95. The van der Waals surface area contributed by atoms with E-state index >= 15 is 0 Å². The van der Waals surface area contributed by atoms with Gasteiger partial charge in [0.05, 0.1) is 10.5 Å². The number of hydrogen-bond acceptors (Lipinski definition) is 5. The number of halogens is 1. The van der Waals surface area contributed by atoms with Crippen LogP contribution in [0.15, 0.2) is 29.2 Å². The van der Waals surface area contributed by atoms with Crippen LogP contribution in [0.1, 0.15) is 39.0 Å². The standard InChI is InChI=1S/C17H19FN2O5S/c1-4-20-10(2)7-13(11(20)3)16(21)9-25-17(22)14-8-12(26(19,23)24)5-6-15(14)18/h5-8H,4,9H2,1-3H3,(H2,19,23,24). The van der Waals surface area contributed by atoms with Crippen LogP contribution in [-0.4, -0.2) is 31.3 Å². The van der Waals surface area contributed by atoms with Crippen molar-refractivity contribution in [2.45, 2.75) is 32.2 Å². The van der Waals surface area contributed by atoms with Gasteiger partial charge in [-0.25, -0.2) is 22.7 Å². The molecule has 0 amide bonds. The molecule has 0 saturated carbocycles. The van der Waals surface area contributed by atoms with E-state index in [1.165, 1.54) is 0 Å². The van der Waals surface area contributed by atoms with Crippen molar-refractivity contribution in [3.63, 3.8) is 0 Å². The fourth-order valence-electron chi connectivity index (χ4n) is 2.69. The smallest absolute Gasteiger partial charge is 0.341 e. The van der Waals surface area contributed by atoms with Crippen molar-refractivity contribution in [3.05, 3.63) is 52.6 Å². The van der Waals surface area contributed by atoms with Crippen molar-refractivity contribution in [1.29, 1.82) is 0 Å². The van der Waals surface area contributed by atoms with Crippen LogP contribution < -0.4 is 5.14 Å². The second-order valence-electron chi connectivity index (χ2n) is 5.72. The number of nitrogens with zero attached hydrogens (tertiary/aromatic N) is 1. The summed E-state index contributed by atoms with van der Waals surface area (Å²) in [6.07, 6.45) is 0. The Morgan fingerprint density at radius 3 is 2.38 bits per heavy atom. The summed E-state index contributed by atoms with van der Waals surface area (Å²) in [6, 6.07) is 4.21. The minimum Gasteiger partial charge on any atom is -0.454 e. The van der Waals surface area contributed by atoms with E-state index in [0.717, 1.165) is 29.6 Å². The average Bonchev–Trinajstić information content (AvgIpc) is 2.85. The highest BCUT2D eigenvalue weighted by atomic mass is 32.2. The molecule has 0 fully saturated rings. The zero-order chi connectivity index (χ0) is 19.6. The minimum absolute atomic E-state index is 0.413. The van der Waals surface area contributed by atoms with Crippen LogP contribution in [0.4, 0.5) is 4.39 Å². The second kappa shape index (κ2) is 7.38.